The molecule has 12 heavy (non-hydrogen) atoms. The minimum absolute atomic E-state index is 0.643. The van der Waals surface area contributed by atoms with Crippen molar-refractivity contribution in [1.29, 1.82) is 0 Å². The highest BCUT2D eigenvalue weighted by molar-refractivity contribution is 7.98. The maximum Gasteiger partial charge on any atom is 0.126 e. The van der Waals surface area contributed by atoms with Gasteiger partial charge in [-0.1, -0.05) is 0 Å². The molecule has 1 rings (SSSR count). The Labute approximate surface area is 76.8 Å². The Morgan fingerprint density at radius 2 is 2.25 bits per heavy atom. The van der Waals surface area contributed by atoms with Crippen molar-refractivity contribution < 1.29 is 0 Å². The van der Waals surface area contributed by atoms with Crippen LogP contribution in [-0.4, -0.2) is 22.8 Å². The van der Waals surface area contributed by atoms with Crippen molar-refractivity contribution in [3.63, 3.8) is 0 Å². The lowest BCUT2D eigenvalue weighted by Crippen LogP contribution is -2.06. The van der Waals surface area contributed by atoms with Gasteiger partial charge in [0.15, 0.2) is 0 Å². The van der Waals surface area contributed by atoms with E-state index in [2.05, 4.69) is 9.97 Å². The van der Waals surface area contributed by atoms with Gasteiger partial charge in [-0.2, -0.15) is 0 Å². The Morgan fingerprint density at radius 3 is 2.83 bits per heavy atom. The molecule has 0 saturated carbocycles. The van der Waals surface area contributed by atoms with Gasteiger partial charge >= 0.3 is 0 Å². The van der Waals surface area contributed by atoms with Crippen molar-refractivity contribution in [1.82, 2.24) is 9.97 Å². The zero-order chi connectivity index (χ0) is 8.97. The number of aromatic nitrogens is 2. The minimum Gasteiger partial charge on any atom is -0.330 e. The van der Waals surface area contributed by atoms with Gasteiger partial charge in [-0.05, 0) is 25.8 Å². The fourth-order valence-corrected chi connectivity index (χ4v) is 1.46. The third-order valence-corrected chi connectivity index (χ3v) is 2.10. The van der Waals surface area contributed by atoms with Crippen LogP contribution in [0.5, 0.6) is 0 Å². The fraction of sp³-hybridized carbons (Fsp3) is 0.500. The number of nitrogens with two attached hydrogens (primary N) is 1. The van der Waals surface area contributed by atoms with E-state index in [1.165, 1.54) is 0 Å². The molecule has 1 aromatic heterocycles. The number of hydrogen-bond donors (Lipinski definition) is 1. The Hall–Kier alpha value is -0.610. The van der Waals surface area contributed by atoms with Crippen molar-refractivity contribution in [2.24, 2.45) is 5.73 Å². The summed E-state index contributed by atoms with van der Waals surface area (Å²) in [6.45, 7) is 2.55. The van der Waals surface area contributed by atoms with Crippen LogP contribution in [0.15, 0.2) is 11.1 Å². The Morgan fingerprint density at radius 1 is 1.50 bits per heavy atom. The molecule has 0 aromatic carbocycles. The summed E-state index contributed by atoms with van der Waals surface area (Å²) >= 11 is 1.63. The number of nitrogens with zero attached hydrogens (tertiary/aromatic N) is 2. The number of rotatable bonds is 3. The maximum absolute atomic E-state index is 5.43. The van der Waals surface area contributed by atoms with Crippen molar-refractivity contribution >= 4 is 11.8 Å². The largest absolute Gasteiger partial charge is 0.330 e. The average Bonchev–Trinajstić information content (AvgIpc) is 2.04. The molecule has 0 aliphatic carbocycles. The van der Waals surface area contributed by atoms with Gasteiger partial charge in [0.25, 0.3) is 0 Å². The molecule has 0 radical (unpaired) electrons. The standard InChI is InChI=1S/C8H13N3S/c1-6-10-7(3-4-9)5-8(11-6)12-2/h5H,3-4,9H2,1-2H3. The third kappa shape index (κ3) is 2.46. The molecule has 4 heteroatoms. The van der Waals surface area contributed by atoms with Crippen LogP contribution < -0.4 is 5.73 Å². The van der Waals surface area contributed by atoms with Crippen LogP contribution in [0.3, 0.4) is 0 Å². The van der Waals surface area contributed by atoms with E-state index in [0.29, 0.717) is 6.54 Å². The van der Waals surface area contributed by atoms with Crippen LogP contribution in [0.1, 0.15) is 11.5 Å². The molecule has 0 spiro atoms. The van der Waals surface area contributed by atoms with Crippen LogP contribution in [0.25, 0.3) is 0 Å². The molecule has 0 aliphatic rings. The summed E-state index contributed by atoms with van der Waals surface area (Å²) in [6, 6.07) is 1.99. The summed E-state index contributed by atoms with van der Waals surface area (Å²) in [7, 11) is 0. The summed E-state index contributed by atoms with van der Waals surface area (Å²) in [6.07, 6.45) is 2.84. The molecular formula is C8H13N3S. The summed E-state index contributed by atoms with van der Waals surface area (Å²) in [5.41, 5.74) is 6.47. The smallest absolute Gasteiger partial charge is 0.126 e. The molecular weight excluding hydrogens is 170 g/mol. The highest BCUT2D eigenvalue weighted by Gasteiger charge is 1.99. The zero-order valence-electron chi connectivity index (χ0n) is 7.37. The molecule has 1 heterocycles. The molecule has 0 fully saturated rings. The second kappa shape index (κ2) is 4.42. The summed E-state index contributed by atoms with van der Waals surface area (Å²) in [5.74, 6) is 0.824. The van der Waals surface area contributed by atoms with Gasteiger partial charge < -0.3 is 5.73 Å². The first-order valence-corrected chi connectivity index (χ1v) is 5.07. The first-order valence-electron chi connectivity index (χ1n) is 3.85. The molecule has 0 bridgehead atoms. The summed E-state index contributed by atoms with van der Waals surface area (Å²) in [5, 5.41) is 1.02. The van der Waals surface area contributed by atoms with Crippen molar-refractivity contribution in [2.45, 2.75) is 18.4 Å². The second-order valence-electron chi connectivity index (χ2n) is 2.49. The first kappa shape index (κ1) is 9.48. The van der Waals surface area contributed by atoms with Gasteiger partial charge in [-0.3, -0.25) is 0 Å². The van der Waals surface area contributed by atoms with Crippen molar-refractivity contribution in [3.05, 3.63) is 17.6 Å². The van der Waals surface area contributed by atoms with E-state index in [4.69, 9.17) is 5.73 Å². The Kier molecular flexibility index (Phi) is 3.49. The molecule has 0 saturated heterocycles. The van der Waals surface area contributed by atoms with E-state index in [1.54, 1.807) is 11.8 Å². The van der Waals surface area contributed by atoms with E-state index in [0.717, 1.165) is 23.0 Å². The molecule has 0 aliphatic heterocycles. The SMILES string of the molecule is CSc1cc(CCN)nc(C)n1. The predicted octanol–water partition coefficient (Wildman–Crippen LogP) is 1.01. The third-order valence-electron chi connectivity index (χ3n) is 1.48. The van der Waals surface area contributed by atoms with Crippen molar-refractivity contribution in [2.75, 3.05) is 12.8 Å². The van der Waals surface area contributed by atoms with Gasteiger partial charge in [0, 0.05) is 12.1 Å². The highest BCUT2D eigenvalue weighted by atomic mass is 32.2. The quantitative estimate of drug-likeness (QED) is 0.561. The summed E-state index contributed by atoms with van der Waals surface area (Å²) < 4.78 is 0. The Balaban J connectivity index is 2.90. The van der Waals surface area contributed by atoms with Gasteiger partial charge in [0.1, 0.15) is 5.82 Å². The van der Waals surface area contributed by atoms with Crippen LogP contribution >= 0.6 is 11.8 Å². The van der Waals surface area contributed by atoms with Crippen molar-refractivity contribution in [3.8, 4) is 0 Å². The van der Waals surface area contributed by atoms with Gasteiger partial charge in [0.2, 0.25) is 0 Å². The van der Waals surface area contributed by atoms with E-state index in [-0.39, 0.29) is 0 Å². The number of thioether (sulfide) groups is 1. The Bertz CT molecular complexity index is 262. The molecule has 0 amide bonds. The zero-order valence-corrected chi connectivity index (χ0v) is 8.19. The van der Waals surface area contributed by atoms with E-state index in [9.17, 15) is 0 Å². The second-order valence-corrected chi connectivity index (χ2v) is 3.31. The van der Waals surface area contributed by atoms with Gasteiger partial charge in [-0.25, -0.2) is 9.97 Å². The first-order chi connectivity index (χ1) is 5.76. The predicted molar refractivity (Wildman–Crippen MR) is 51.3 cm³/mol. The van der Waals surface area contributed by atoms with E-state index < -0.39 is 0 Å². The molecule has 0 atom stereocenters. The molecule has 66 valence electrons. The molecule has 2 N–H and O–H groups in total. The average molecular weight is 183 g/mol. The minimum atomic E-state index is 0.643. The molecule has 0 unspecified atom stereocenters. The lowest BCUT2D eigenvalue weighted by molar-refractivity contribution is 0.858. The highest BCUT2D eigenvalue weighted by Crippen LogP contribution is 2.12. The lowest BCUT2D eigenvalue weighted by atomic mass is 10.3. The maximum atomic E-state index is 5.43. The van der Waals surface area contributed by atoms with Crippen LogP contribution in [0.4, 0.5) is 0 Å². The van der Waals surface area contributed by atoms with Gasteiger partial charge in [0.05, 0.1) is 5.03 Å². The monoisotopic (exact) mass is 183 g/mol. The lowest BCUT2D eigenvalue weighted by Gasteiger charge is -2.01. The normalized spacial score (nSPS) is 10.2. The van der Waals surface area contributed by atoms with Gasteiger partial charge in [-0.15, -0.1) is 11.8 Å². The topological polar surface area (TPSA) is 51.8 Å². The molecule has 1 aromatic rings. The molecule has 3 nitrogen and oxygen atoms in total. The van der Waals surface area contributed by atoms with Crippen LogP contribution in [-0.2, 0) is 6.42 Å². The fourth-order valence-electron chi connectivity index (χ4n) is 0.980. The number of hydrogen-bond acceptors (Lipinski definition) is 4. The summed E-state index contributed by atoms with van der Waals surface area (Å²) in [4.78, 5) is 8.51. The van der Waals surface area contributed by atoms with Crippen LogP contribution in [0, 0.1) is 6.92 Å². The van der Waals surface area contributed by atoms with Crippen LogP contribution in [0.2, 0.25) is 0 Å². The van der Waals surface area contributed by atoms with E-state index >= 15 is 0 Å². The number of aryl methyl sites for hydroxylation is 1. The van der Waals surface area contributed by atoms with E-state index in [1.807, 2.05) is 19.2 Å².